The van der Waals surface area contributed by atoms with Gasteiger partial charge in [0.05, 0.1) is 24.2 Å². The number of aromatic nitrogens is 4. The number of carbonyl (C=O) groups is 1. The number of nitrogens with zero attached hydrogens (tertiary/aromatic N) is 3. The Morgan fingerprint density at radius 3 is 2.80 bits per heavy atom. The van der Waals surface area contributed by atoms with E-state index in [0.29, 0.717) is 0 Å². The average Bonchev–Trinajstić information content (AvgIpc) is 2.98. The van der Waals surface area contributed by atoms with Gasteiger partial charge in [-0.15, -0.1) is 0 Å². The molecule has 2 aromatic heterocycles. The number of amides is 1. The minimum Gasteiger partial charge on any atom is -0.350 e. The van der Waals surface area contributed by atoms with Crippen LogP contribution in [0.3, 0.4) is 0 Å². The monoisotopic (exact) mass is 341 g/mol. The van der Waals surface area contributed by atoms with Gasteiger partial charge in [0.2, 0.25) is 5.91 Å². The summed E-state index contributed by atoms with van der Waals surface area (Å²) in [7, 11) is 1.37. The van der Waals surface area contributed by atoms with Crippen LogP contribution in [0.2, 0.25) is 0 Å². The highest BCUT2D eigenvalue weighted by Gasteiger charge is 2.12. The van der Waals surface area contributed by atoms with Crippen LogP contribution in [0, 0.1) is 0 Å². The number of hydrogen-bond donors (Lipinski definition) is 2. The van der Waals surface area contributed by atoms with Crippen LogP contribution in [0.15, 0.2) is 40.1 Å². The van der Waals surface area contributed by atoms with Gasteiger partial charge >= 0.3 is 5.69 Å². The lowest BCUT2D eigenvalue weighted by Gasteiger charge is -2.04. The maximum atomic E-state index is 12.2. The third kappa shape index (κ3) is 3.23. The first kappa shape index (κ1) is 16.7. The number of carbonyl (C=O) groups excluding carboxylic acids is 1. The van der Waals surface area contributed by atoms with E-state index in [4.69, 9.17) is 0 Å². The third-order valence-corrected chi connectivity index (χ3v) is 4.09. The van der Waals surface area contributed by atoms with Gasteiger partial charge in [-0.2, -0.15) is 5.10 Å². The van der Waals surface area contributed by atoms with E-state index in [0.717, 1.165) is 27.7 Å². The summed E-state index contributed by atoms with van der Waals surface area (Å²) in [5.41, 5.74) is 1.05. The Bertz CT molecular complexity index is 1040. The lowest BCUT2D eigenvalue weighted by atomic mass is 10.2. The van der Waals surface area contributed by atoms with Crippen LogP contribution in [0.25, 0.3) is 10.9 Å². The molecule has 0 radical (unpaired) electrons. The normalized spacial score (nSPS) is 11.0. The zero-order valence-electron chi connectivity index (χ0n) is 14.1. The van der Waals surface area contributed by atoms with Crippen LogP contribution in [0.1, 0.15) is 18.2 Å². The summed E-state index contributed by atoms with van der Waals surface area (Å²) in [6.45, 7) is 3.02. The molecule has 0 aliphatic rings. The quantitative estimate of drug-likeness (QED) is 0.697. The summed E-state index contributed by atoms with van der Waals surface area (Å²) in [6.07, 6.45) is 1.18. The van der Waals surface area contributed by atoms with Crippen molar-refractivity contribution in [2.24, 2.45) is 7.05 Å². The molecule has 3 aromatic rings. The number of aryl methyl sites for hydroxylation is 1. The molecule has 1 aromatic carbocycles. The van der Waals surface area contributed by atoms with Gasteiger partial charge in [0, 0.05) is 30.7 Å². The van der Waals surface area contributed by atoms with Gasteiger partial charge in [-0.25, -0.2) is 4.79 Å². The van der Waals surface area contributed by atoms with Crippen molar-refractivity contribution in [1.29, 1.82) is 0 Å². The molecule has 2 N–H and O–H groups in total. The molecule has 0 unspecified atom stereocenters. The number of aromatic amines is 1. The zero-order chi connectivity index (χ0) is 18.0. The van der Waals surface area contributed by atoms with Crippen molar-refractivity contribution in [2.45, 2.75) is 26.4 Å². The van der Waals surface area contributed by atoms with Gasteiger partial charge in [0.1, 0.15) is 0 Å². The van der Waals surface area contributed by atoms with E-state index in [1.165, 1.54) is 13.2 Å². The number of nitrogens with one attached hydrogen (secondary N) is 2. The molecular formula is C17H19N5O3. The molecule has 8 nitrogen and oxygen atoms in total. The first-order valence-electron chi connectivity index (χ1n) is 8.00. The fourth-order valence-electron chi connectivity index (χ4n) is 2.73. The number of fused-ring (bicyclic) bond motifs is 1. The van der Waals surface area contributed by atoms with E-state index in [1.807, 2.05) is 35.9 Å². The summed E-state index contributed by atoms with van der Waals surface area (Å²) in [4.78, 5) is 37.9. The van der Waals surface area contributed by atoms with Crippen molar-refractivity contribution >= 4 is 16.8 Å². The molecule has 0 bridgehead atoms. The Morgan fingerprint density at radius 2 is 2.04 bits per heavy atom. The molecule has 2 heterocycles. The van der Waals surface area contributed by atoms with E-state index in [9.17, 15) is 14.4 Å². The first-order chi connectivity index (χ1) is 12.0. The minimum absolute atomic E-state index is 0.101. The highest BCUT2D eigenvalue weighted by Crippen LogP contribution is 2.18. The lowest BCUT2D eigenvalue weighted by molar-refractivity contribution is -0.120. The van der Waals surface area contributed by atoms with E-state index < -0.39 is 11.2 Å². The van der Waals surface area contributed by atoms with Crippen molar-refractivity contribution in [3.05, 3.63) is 62.6 Å². The summed E-state index contributed by atoms with van der Waals surface area (Å²) >= 11 is 0. The molecule has 0 atom stereocenters. The Kier molecular flexibility index (Phi) is 4.51. The molecule has 3 rings (SSSR count). The van der Waals surface area contributed by atoms with E-state index >= 15 is 0 Å². The highest BCUT2D eigenvalue weighted by molar-refractivity contribution is 5.83. The van der Waals surface area contributed by atoms with Crippen LogP contribution < -0.4 is 16.6 Å². The highest BCUT2D eigenvalue weighted by atomic mass is 16.2. The van der Waals surface area contributed by atoms with Gasteiger partial charge in [0.25, 0.3) is 5.56 Å². The van der Waals surface area contributed by atoms with Crippen LogP contribution >= 0.6 is 0 Å². The van der Waals surface area contributed by atoms with Gasteiger partial charge in [-0.3, -0.25) is 18.8 Å². The Labute approximate surface area is 143 Å². The molecule has 0 spiro atoms. The molecule has 130 valence electrons. The van der Waals surface area contributed by atoms with Crippen LogP contribution in [-0.2, 0) is 31.4 Å². The average molecular weight is 341 g/mol. The Hall–Kier alpha value is -3.16. The van der Waals surface area contributed by atoms with Gasteiger partial charge in [0.15, 0.2) is 0 Å². The number of benzene rings is 1. The Morgan fingerprint density at radius 1 is 1.28 bits per heavy atom. The van der Waals surface area contributed by atoms with Crippen molar-refractivity contribution in [3.63, 3.8) is 0 Å². The molecule has 1 amide bonds. The fourth-order valence-corrected chi connectivity index (χ4v) is 2.73. The number of H-pyrrole nitrogens is 1. The standard InChI is InChI=1S/C17H19N5O3/c1-3-22-14-7-5-4-6-12(14)13(20-22)10-18-15(23)8-11-9-19-17(25)21(2)16(11)24/h4-7,9H,3,8,10H2,1-2H3,(H,18,23)(H,19,25). The van der Waals surface area contributed by atoms with Crippen molar-refractivity contribution < 1.29 is 4.79 Å². The number of rotatable bonds is 5. The molecule has 8 heteroatoms. The molecule has 0 saturated heterocycles. The fraction of sp³-hybridized carbons (Fsp3) is 0.294. The van der Waals surface area contributed by atoms with Crippen molar-refractivity contribution in [2.75, 3.05) is 0 Å². The first-order valence-corrected chi connectivity index (χ1v) is 8.00. The summed E-state index contributed by atoms with van der Waals surface area (Å²) < 4.78 is 2.83. The maximum absolute atomic E-state index is 12.2. The van der Waals surface area contributed by atoms with Crippen LogP contribution in [0.4, 0.5) is 0 Å². The molecular weight excluding hydrogens is 322 g/mol. The van der Waals surface area contributed by atoms with Gasteiger partial charge in [-0.1, -0.05) is 18.2 Å². The number of para-hydroxylation sites is 1. The topological polar surface area (TPSA) is 102 Å². The van der Waals surface area contributed by atoms with Crippen LogP contribution in [0.5, 0.6) is 0 Å². The van der Waals surface area contributed by atoms with Crippen molar-refractivity contribution in [1.82, 2.24) is 24.6 Å². The summed E-state index contributed by atoms with van der Waals surface area (Å²) in [6, 6.07) is 7.83. The molecule has 0 saturated carbocycles. The van der Waals surface area contributed by atoms with Crippen molar-refractivity contribution in [3.8, 4) is 0 Å². The van der Waals surface area contributed by atoms with E-state index in [-0.39, 0.29) is 24.4 Å². The van der Waals surface area contributed by atoms with E-state index in [1.54, 1.807) is 0 Å². The smallest absolute Gasteiger partial charge is 0.328 e. The van der Waals surface area contributed by atoms with Gasteiger partial charge in [-0.05, 0) is 13.0 Å². The largest absolute Gasteiger partial charge is 0.350 e. The van der Waals surface area contributed by atoms with Crippen LogP contribution in [-0.4, -0.2) is 25.2 Å². The lowest BCUT2D eigenvalue weighted by Crippen LogP contribution is -2.36. The number of hydrogen-bond acceptors (Lipinski definition) is 4. The maximum Gasteiger partial charge on any atom is 0.328 e. The second kappa shape index (κ2) is 6.76. The predicted octanol–water partition coefficient (Wildman–Crippen LogP) is 0.302. The van der Waals surface area contributed by atoms with E-state index in [2.05, 4.69) is 15.4 Å². The molecule has 0 fully saturated rings. The third-order valence-electron chi connectivity index (χ3n) is 4.09. The summed E-state index contributed by atoms with van der Waals surface area (Å²) in [5, 5.41) is 8.29. The second-order valence-corrected chi connectivity index (χ2v) is 5.72. The molecule has 0 aliphatic heterocycles. The summed E-state index contributed by atoms with van der Waals surface area (Å²) in [5.74, 6) is -0.306. The predicted molar refractivity (Wildman–Crippen MR) is 93.3 cm³/mol. The SMILES string of the molecule is CCn1nc(CNC(=O)Cc2c[nH]c(=O)n(C)c2=O)c2ccccc21. The minimum atomic E-state index is -0.509. The molecule has 0 aliphatic carbocycles. The Balaban J connectivity index is 1.74. The second-order valence-electron chi connectivity index (χ2n) is 5.72. The zero-order valence-corrected chi connectivity index (χ0v) is 14.1. The molecule has 25 heavy (non-hydrogen) atoms. The van der Waals surface area contributed by atoms with Gasteiger partial charge < -0.3 is 10.3 Å².